The Morgan fingerprint density at radius 2 is 1.68 bits per heavy atom. The van der Waals surface area contributed by atoms with Gasteiger partial charge in [0.05, 0.1) is 0 Å². The maximum Gasteiger partial charge on any atom is 0.326 e. The van der Waals surface area contributed by atoms with Crippen molar-refractivity contribution >= 4 is 29.3 Å². The lowest BCUT2D eigenvalue weighted by Crippen LogP contribution is -2.35. The van der Waals surface area contributed by atoms with Gasteiger partial charge in [-0.2, -0.15) is 0 Å². The van der Waals surface area contributed by atoms with Crippen molar-refractivity contribution < 1.29 is 23.9 Å². The summed E-state index contributed by atoms with van der Waals surface area (Å²) in [5, 5.41) is 4.84. The van der Waals surface area contributed by atoms with Crippen molar-refractivity contribution in [1.29, 1.82) is 0 Å². The summed E-state index contributed by atoms with van der Waals surface area (Å²) in [5.74, 6) is -1.64. The summed E-state index contributed by atoms with van der Waals surface area (Å²) in [6.07, 6.45) is -1.01. The zero-order chi connectivity index (χ0) is 16.7. The molecule has 0 saturated heterocycles. The molecule has 7 heteroatoms. The summed E-state index contributed by atoms with van der Waals surface area (Å²) >= 11 is 0. The van der Waals surface area contributed by atoms with Crippen LogP contribution in [0.3, 0.4) is 0 Å². The number of hydrogen-bond acceptors (Lipinski definition) is 5. The van der Waals surface area contributed by atoms with Crippen molar-refractivity contribution in [3.63, 3.8) is 0 Å². The van der Waals surface area contributed by atoms with Gasteiger partial charge >= 0.3 is 5.97 Å². The number of hydrogen-bond donors (Lipinski definition) is 2. The topological polar surface area (TPSA) is 102 Å². The molecule has 7 nitrogen and oxygen atoms in total. The zero-order valence-corrected chi connectivity index (χ0v) is 12.6. The molecule has 2 N–H and O–H groups in total. The minimum absolute atomic E-state index is 0.0712. The quantitative estimate of drug-likeness (QED) is 0.600. The molecule has 118 valence electrons. The van der Waals surface area contributed by atoms with Crippen LogP contribution in [0.15, 0.2) is 24.3 Å². The predicted molar refractivity (Wildman–Crippen MR) is 79.3 cm³/mol. The van der Waals surface area contributed by atoms with Gasteiger partial charge in [0.15, 0.2) is 11.9 Å². The first kappa shape index (κ1) is 17.4. The van der Waals surface area contributed by atoms with Crippen LogP contribution in [0.25, 0.3) is 0 Å². The van der Waals surface area contributed by atoms with Gasteiger partial charge in [-0.3, -0.25) is 19.2 Å². The first-order valence-electron chi connectivity index (χ1n) is 6.65. The number of ketones is 1. The van der Waals surface area contributed by atoms with E-state index in [-0.39, 0.29) is 18.2 Å². The van der Waals surface area contributed by atoms with E-state index < -0.39 is 18.0 Å². The molecule has 0 aliphatic rings. The number of nitrogens with one attached hydrogen (secondary N) is 2. The lowest BCUT2D eigenvalue weighted by Gasteiger charge is -2.13. The van der Waals surface area contributed by atoms with Gasteiger partial charge < -0.3 is 15.4 Å². The summed E-state index contributed by atoms with van der Waals surface area (Å²) in [6.45, 7) is 3.85. The van der Waals surface area contributed by atoms with Gasteiger partial charge in [-0.25, -0.2) is 0 Å². The minimum Gasteiger partial charge on any atom is -0.451 e. The molecular formula is C15H18N2O5. The molecule has 0 unspecified atom stereocenters. The number of esters is 1. The summed E-state index contributed by atoms with van der Waals surface area (Å²) in [7, 11) is 0. The smallest absolute Gasteiger partial charge is 0.326 e. The van der Waals surface area contributed by atoms with E-state index in [1.54, 1.807) is 24.3 Å². The number of amides is 2. The average molecular weight is 306 g/mol. The first-order valence-corrected chi connectivity index (χ1v) is 6.65. The van der Waals surface area contributed by atoms with Crippen molar-refractivity contribution in [2.45, 2.75) is 26.9 Å². The summed E-state index contributed by atoms with van der Waals surface area (Å²) in [5.41, 5.74) is 1.02. The number of rotatable bonds is 6. The lowest BCUT2D eigenvalue weighted by molar-refractivity contribution is -0.152. The van der Waals surface area contributed by atoms with Gasteiger partial charge in [0, 0.05) is 18.2 Å². The molecule has 0 fully saturated rings. The fourth-order valence-electron chi connectivity index (χ4n) is 1.52. The third-order valence-electron chi connectivity index (χ3n) is 2.72. The molecule has 0 radical (unpaired) electrons. The summed E-state index contributed by atoms with van der Waals surface area (Å²) in [4.78, 5) is 45.0. The van der Waals surface area contributed by atoms with Crippen LogP contribution in [0.5, 0.6) is 0 Å². The third kappa shape index (κ3) is 5.74. The number of carbonyl (C=O) groups excluding carboxylic acids is 4. The molecule has 0 aromatic heterocycles. The molecule has 1 atom stereocenters. The molecule has 1 aromatic rings. The standard InChI is InChI=1S/C15H18N2O5/c1-9(18)12-4-6-13(7-5-12)17-15(21)10(2)22-14(20)8-16-11(3)19/h4-7,10H,8H2,1-3H3,(H,16,19)(H,17,21)/t10-/m0/s1. The van der Waals surface area contributed by atoms with Crippen LogP contribution in [0.4, 0.5) is 5.69 Å². The highest BCUT2D eigenvalue weighted by atomic mass is 16.5. The van der Waals surface area contributed by atoms with E-state index in [1.165, 1.54) is 20.8 Å². The van der Waals surface area contributed by atoms with Crippen molar-refractivity contribution in [1.82, 2.24) is 5.32 Å². The van der Waals surface area contributed by atoms with Crippen LogP contribution >= 0.6 is 0 Å². The normalized spacial score (nSPS) is 11.2. The Labute approximate surface area is 128 Å². The molecule has 0 spiro atoms. The Balaban J connectivity index is 2.51. The second-order valence-corrected chi connectivity index (χ2v) is 4.66. The van der Waals surface area contributed by atoms with Gasteiger partial charge in [0.1, 0.15) is 6.54 Å². The molecule has 0 aliphatic carbocycles. The second kappa shape index (κ2) is 7.92. The molecule has 1 aromatic carbocycles. The number of anilines is 1. The van der Waals surface area contributed by atoms with Gasteiger partial charge in [0.2, 0.25) is 5.91 Å². The molecule has 0 heterocycles. The molecule has 1 rings (SSSR count). The van der Waals surface area contributed by atoms with E-state index in [0.717, 1.165) is 0 Å². The first-order chi connectivity index (χ1) is 10.3. The third-order valence-corrected chi connectivity index (χ3v) is 2.72. The summed E-state index contributed by atoms with van der Waals surface area (Å²) in [6, 6.07) is 6.35. The number of ether oxygens (including phenoxy) is 1. The van der Waals surface area contributed by atoms with E-state index in [9.17, 15) is 19.2 Å². The fourth-order valence-corrected chi connectivity index (χ4v) is 1.52. The van der Waals surface area contributed by atoms with Crippen molar-refractivity contribution in [2.24, 2.45) is 0 Å². The lowest BCUT2D eigenvalue weighted by atomic mass is 10.1. The minimum atomic E-state index is -1.01. The number of carbonyl (C=O) groups is 4. The maximum absolute atomic E-state index is 11.9. The molecular weight excluding hydrogens is 288 g/mol. The van der Waals surface area contributed by atoms with Crippen LogP contribution < -0.4 is 10.6 Å². The summed E-state index contributed by atoms with van der Waals surface area (Å²) < 4.78 is 4.88. The predicted octanol–water partition coefficient (Wildman–Crippen LogP) is 0.895. The molecule has 2 amide bonds. The second-order valence-electron chi connectivity index (χ2n) is 4.66. The van der Waals surface area contributed by atoms with Crippen molar-refractivity contribution in [3.05, 3.63) is 29.8 Å². The number of benzene rings is 1. The Bertz CT molecular complexity index is 580. The van der Waals surface area contributed by atoms with Gasteiger partial charge in [0.25, 0.3) is 5.91 Å². The molecule has 22 heavy (non-hydrogen) atoms. The van der Waals surface area contributed by atoms with Crippen LogP contribution in [0, 0.1) is 0 Å². The zero-order valence-electron chi connectivity index (χ0n) is 12.6. The van der Waals surface area contributed by atoms with Crippen LogP contribution in [0.1, 0.15) is 31.1 Å². The van der Waals surface area contributed by atoms with Gasteiger partial charge in [-0.05, 0) is 38.1 Å². The van der Waals surface area contributed by atoms with E-state index in [2.05, 4.69) is 10.6 Å². The average Bonchev–Trinajstić information content (AvgIpc) is 2.45. The van der Waals surface area contributed by atoms with Gasteiger partial charge in [-0.15, -0.1) is 0 Å². The highest BCUT2D eigenvalue weighted by molar-refractivity contribution is 5.97. The molecule has 0 bridgehead atoms. The van der Waals surface area contributed by atoms with Crippen molar-refractivity contribution in [2.75, 3.05) is 11.9 Å². The molecule has 0 aliphatic heterocycles. The Morgan fingerprint density at radius 1 is 1.09 bits per heavy atom. The van der Waals surface area contributed by atoms with E-state index >= 15 is 0 Å². The highest BCUT2D eigenvalue weighted by Gasteiger charge is 2.18. The van der Waals surface area contributed by atoms with Crippen LogP contribution in [-0.2, 0) is 19.1 Å². The number of Topliss-reactive ketones (excluding diaryl/α,β-unsaturated/α-hetero) is 1. The Morgan fingerprint density at radius 3 is 2.18 bits per heavy atom. The monoisotopic (exact) mass is 306 g/mol. The van der Waals surface area contributed by atoms with E-state index in [0.29, 0.717) is 11.3 Å². The largest absolute Gasteiger partial charge is 0.451 e. The van der Waals surface area contributed by atoms with Gasteiger partial charge in [-0.1, -0.05) is 0 Å². The maximum atomic E-state index is 11.9. The highest BCUT2D eigenvalue weighted by Crippen LogP contribution is 2.11. The fraction of sp³-hybridized carbons (Fsp3) is 0.333. The van der Waals surface area contributed by atoms with E-state index in [1.807, 2.05) is 0 Å². The van der Waals surface area contributed by atoms with Crippen LogP contribution in [-0.4, -0.2) is 36.2 Å². The molecule has 0 saturated carbocycles. The van der Waals surface area contributed by atoms with Crippen molar-refractivity contribution in [3.8, 4) is 0 Å². The van der Waals surface area contributed by atoms with E-state index in [4.69, 9.17) is 4.74 Å². The SMILES string of the molecule is CC(=O)NCC(=O)O[C@@H](C)C(=O)Nc1ccc(C(C)=O)cc1. The Kier molecular flexibility index (Phi) is 6.25. The van der Waals surface area contributed by atoms with Crippen LogP contribution in [0.2, 0.25) is 0 Å². The Hall–Kier alpha value is -2.70.